The van der Waals surface area contributed by atoms with E-state index in [9.17, 15) is 18.0 Å². The van der Waals surface area contributed by atoms with Crippen molar-refractivity contribution in [1.82, 2.24) is 5.32 Å². The first-order chi connectivity index (χ1) is 8.33. The first-order valence-electron chi connectivity index (χ1n) is 4.69. The van der Waals surface area contributed by atoms with Gasteiger partial charge in [-0.1, -0.05) is 15.9 Å². The first-order valence-corrected chi connectivity index (χ1v) is 5.48. The van der Waals surface area contributed by atoms with E-state index in [1.807, 2.05) is 0 Å². The van der Waals surface area contributed by atoms with Gasteiger partial charge in [0, 0.05) is 10.0 Å². The molecule has 1 atom stereocenters. The van der Waals surface area contributed by atoms with Crippen LogP contribution >= 0.6 is 15.9 Å². The van der Waals surface area contributed by atoms with Gasteiger partial charge in [0.25, 0.3) is 6.43 Å². The van der Waals surface area contributed by atoms with E-state index < -0.39 is 36.0 Å². The Morgan fingerprint density at radius 3 is 2.56 bits per heavy atom. The molecule has 4 nitrogen and oxygen atoms in total. The molecular weight excluding hydrogens is 319 g/mol. The zero-order valence-corrected chi connectivity index (χ0v) is 10.4. The fourth-order valence-electron chi connectivity index (χ4n) is 1.46. The van der Waals surface area contributed by atoms with Crippen LogP contribution in [0.1, 0.15) is 5.56 Å². The summed E-state index contributed by atoms with van der Waals surface area (Å²) in [6, 6.07) is 3.16. The molecule has 0 saturated carbocycles. The Bertz CT molecular complexity index is 458. The number of alkyl halides is 2. The summed E-state index contributed by atoms with van der Waals surface area (Å²) in [5.74, 6) is -1.04. The highest BCUT2D eigenvalue weighted by Crippen LogP contribution is 2.32. The molecule has 1 amide bonds. The normalized spacial score (nSPS) is 14.3. The van der Waals surface area contributed by atoms with Gasteiger partial charge in [-0.25, -0.2) is 18.0 Å². The monoisotopic (exact) mass is 327 g/mol. The maximum atomic E-state index is 13.6. The summed E-state index contributed by atoms with van der Waals surface area (Å²) in [5.41, 5.74) is -3.32. The molecule has 8 heteroatoms. The Hall–Kier alpha value is -1.28. The van der Waals surface area contributed by atoms with Gasteiger partial charge in [-0.2, -0.15) is 0 Å². The SMILES string of the molecule is O=C(O)NC(CO)(c1cc(Br)ccc1F)C(F)F. The lowest BCUT2D eigenvalue weighted by molar-refractivity contribution is -0.00818. The topological polar surface area (TPSA) is 69.6 Å². The highest BCUT2D eigenvalue weighted by molar-refractivity contribution is 9.10. The quantitative estimate of drug-likeness (QED) is 0.794. The van der Waals surface area contributed by atoms with Crippen molar-refractivity contribution < 1.29 is 28.2 Å². The second kappa shape index (κ2) is 5.57. The van der Waals surface area contributed by atoms with E-state index in [0.717, 1.165) is 12.1 Å². The molecule has 1 aromatic carbocycles. The predicted molar refractivity (Wildman–Crippen MR) is 60.0 cm³/mol. The molecule has 0 aliphatic heterocycles. The Balaban J connectivity index is 3.41. The van der Waals surface area contributed by atoms with Crippen LogP contribution in [-0.4, -0.2) is 29.3 Å². The number of hydrogen-bond acceptors (Lipinski definition) is 2. The molecule has 0 bridgehead atoms. The first kappa shape index (κ1) is 14.8. The Labute approximate surface area is 109 Å². The van der Waals surface area contributed by atoms with Gasteiger partial charge in [0.1, 0.15) is 5.82 Å². The van der Waals surface area contributed by atoms with Gasteiger partial charge in [0.2, 0.25) is 0 Å². The molecule has 0 radical (unpaired) electrons. The molecule has 3 N–H and O–H groups in total. The largest absolute Gasteiger partial charge is 0.465 e. The van der Waals surface area contributed by atoms with Crippen LogP contribution < -0.4 is 5.32 Å². The number of hydrogen-bond donors (Lipinski definition) is 3. The van der Waals surface area contributed by atoms with Crippen LogP contribution in [0.3, 0.4) is 0 Å². The molecular formula is C10H9BrF3NO3. The average Bonchev–Trinajstić information content (AvgIpc) is 2.28. The van der Waals surface area contributed by atoms with Crippen LogP contribution in [0.2, 0.25) is 0 Å². The minimum absolute atomic E-state index is 0.282. The Kier molecular flexibility index (Phi) is 4.58. The third-order valence-corrected chi connectivity index (χ3v) is 2.85. The lowest BCUT2D eigenvalue weighted by Gasteiger charge is -2.31. The van der Waals surface area contributed by atoms with E-state index in [1.165, 1.54) is 11.4 Å². The van der Waals surface area contributed by atoms with Crippen molar-refractivity contribution in [2.75, 3.05) is 6.61 Å². The molecule has 0 fully saturated rings. The maximum Gasteiger partial charge on any atom is 0.405 e. The zero-order chi connectivity index (χ0) is 13.9. The number of rotatable bonds is 4. The summed E-state index contributed by atoms with van der Waals surface area (Å²) in [6.07, 6.45) is -5.11. The van der Waals surface area contributed by atoms with E-state index in [2.05, 4.69) is 15.9 Å². The molecule has 0 aliphatic carbocycles. The van der Waals surface area contributed by atoms with Crippen LogP contribution in [0.4, 0.5) is 18.0 Å². The molecule has 0 saturated heterocycles. The van der Waals surface area contributed by atoms with Crippen LogP contribution in [0.15, 0.2) is 22.7 Å². The molecule has 0 heterocycles. The van der Waals surface area contributed by atoms with E-state index in [0.29, 0.717) is 0 Å². The van der Waals surface area contributed by atoms with Crippen molar-refractivity contribution in [3.8, 4) is 0 Å². The van der Waals surface area contributed by atoms with Gasteiger partial charge in [-0.15, -0.1) is 0 Å². The van der Waals surface area contributed by atoms with Crippen molar-refractivity contribution in [3.05, 3.63) is 34.1 Å². The lowest BCUT2D eigenvalue weighted by atomic mass is 9.90. The summed E-state index contributed by atoms with van der Waals surface area (Å²) < 4.78 is 39.9. The van der Waals surface area contributed by atoms with Gasteiger partial charge < -0.3 is 15.5 Å². The second-order valence-corrected chi connectivity index (χ2v) is 4.40. The molecule has 0 aliphatic rings. The van der Waals surface area contributed by atoms with Crippen LogP contribution in [0.25, 0.3) is 0 Å². The minimum Gasteiger partial charge on any atom is -0.465 e. The number of aliphatic hydroxyl groups is 1. The smallest absolute Gasteiger partial charge is 0.405 e. The zero-order valence-electron chi connectivity index (χ0n) is 8.83. The number of aliphatic hydroxyl groups excluding tert-OH is 1. The highest BCUT2D eigenvalue weighted by Gasteiger charge is 2.45. The highest BCUT2D eigenvalue weighted by atomic mass is 79.9. The van der Waals surface area contributed by atoms with Crippen molar-refractivity contribution in [1.29, 1.82) is 0 Å². The van der Waals surface area contributed by atoms with Gasteiger partial charge in [0.05, 0.1) is 6.61 Å². The number of benzene rings is 1. The molecule has 0 spiro atoms. The molecule has 0 aromatic heterocycles. The van der Waals surface area contributed by atoms with Gasteiger partial charge in [-0.05, 0) is 18.2 Å². The molecule has 1 rings (SSSR count). The Morgan fingerprint density at radius 1 is 1.50 bits per heavy atom. The summed E-state index contributed by atoms with van der Waals surface area (Å²) >= 11 is 2.96. The fourth-order valence-corrected chi connectivity index (χ4v) is 1.82. The summed E-state index contributed by atoms with van der Waals surface area (Å²) in [7, 11) is 0. The maximum absolute atomic E-state index is 13.6. The third-order valence-electron chi connectivity index (χ3n) is 2.36. The number of amides is 1. The molecule has 1 aromatic rings. The molecule has 100 valence electrons. The predicted octanol–water partition coefficient (Wildman–Crippen LogP) is 2.31. The summed E-state index contributed by atoms with van der Waals surface area (Å²) in [6.45, 7) is -1.27. The number of nitrogens with one attached hydrogen (secondary N) is 1. The Morgan fingerprint density at radius 2 is 2.11 bits per heavy atom. The van der Waals surface area contributed by atoms with E-state index in [-0.39, 0.29) is 4.47 Å². The van der Waals surface area contributed by atoms with Gasteiger partial charge in [0.15, 0.2) is 5.54 Å². The fraction of sp³-hybridized carbons (Fsp3) is 0.300. The molecule has 18 heavy (non-hydrogen) atoms. The lowest BCUT2D eigenvalue weighted by Crippen LogP contribution is -2.54. The number of carboxylic acid groups (broad SMARTS) is 1. The number of halogens is 4. The molecule has 1 unspecified atom stereocenters. The average molecular weight is 328 g/mol. The minimum atomic E-state index is -3.32. The van der Waals surface area contributed by atoms with E-state index in [1.54, 1.807) is 0 Å². The standard InChI is InChI=1S/C10H9BrF3NO3/c11-5-1-2-7(12)6(3-5)10(4-16,8(13)14)15-9(17)18/h1-3,8,15-16H,4H2,(H,17,18). The van der Waals surface area contributed by atoms with E-state index in [4.69, 9.17) is 10.2 Å². The van der Waals surface area contributed by atoms with Crippen LogP contribution in [0.5, 0.6) is 0 Å². The van der Waals surface area contributed by atoms with Crippen molar-refractivity contribution >= 4 is 22.0 Å². The number of carbonyl (C=O) groups is 1. The third kappa shape index (κ3) is 2.75. The van der Waals surface area contributed by atoms with Gasteiger partial charge >= 0.3 is 6.09 Å². The van der Waals surface area contributed by atoms with Crippen LogP contribution in [0, 0.1) is 5.82 Å². The summed E-state index contributed by atoms with van der Waals surface area (Å²) in [5, 5.41) is 19.1. The van der Waals surface area contributed by atoms with E-state index >= 15 is 0 Å². The van der Waals surface area contributed by atoms with Crippen molar-refractivity contribution in [2.24, 2.45) is 0 Å². The summed E-state index contributed by atoms with van der Waals surface area (Å²) in [4.78, 5) is 10.6. The van der Waals surface area contributed by atoms with Gasteiger partial charge in [-0.3, -0.25) is 0 Å². The van der Waals surface area contributed by atoms with Crippen molar-refractivity contribution in [3.63, 3.8) is 0 Å². The van der Waals surface area contributed by atoms with Crippen molar-refractivity contribution in [2.45, 2.75) is 12.0 Å². The van der Waals surface area contributed by atoms with Crippen LogP contribution in [-0.2, 0) is 5.54 Å². The second-order valence-electron chi connectivity index (χ2n) is 3.48.